The highest BCUT2D eigenvalue weighted by Crippen LogP contribution is 2.29. The van der Waals surface area contributed by atoms with Gasteiger partial charge < -0.3 is 14.8 Å². The molecule has 0 spiro atoms. The first-order valence-corrected chi connectivity index (χ1v) is 10.8. The number of nitriles is 1. The molecule has 0 aliphatic heterocycles. The van der Waals surface area contributed by atoms with Gasteiger partial charge in [-0.25, -0.2) is 9.18 Å². The van der Waals surface area contributed by atoms with Gasteiger partial charge in [-0.05, 0) is 54.8 Å². The largest absolute Gasteiger partial charge is 0.457 e. The summed E-state index contributed by atoms with van der Waals surface area (Å²) < 4.78 is 25.4. The van der Waals surface area contributed by atoms with Crippen LogP contribution < -0.4 is 10.1 Å². The van der Waals surface area contributed by atoms with E-state index < -0.39 is 23.9 Å². The molecule has 0 fully saturated rings. The Hall–Kier alpha value is -3.56. The van der Waals surface area contributed by atoms with Gasteiger partial charge in [0.2, 0.25) is 6.10 Å². The van der Waals surface area contributed by atoms with Crippen LogP contribution in [-0.2, 0) is 9.53 Å². The molecule has 7 heteroatoms. The highest BCUT2D eigenvalue weighted by molar-refractivity contribution is 6.33. The fraction of sp³-hybridized carbons (Fsp3) is 0.231. The molecule has 0 bridgehead atoms. The number of hydrogen-bond acceptors (Lipinski definition) is 5. The molecule has 170 valence electrons. The van der Waals surface area contributed by atoms with E-state index in [-0.39, 0.29) is 17.2 Å². The van der Waals surface area contributed by atoms with Gasteiger partial charge in [0.05, 0.1) is 10.7 Å². The lowest BCUT2D eigenvalue weighted by Crippen LogP contribution is -2.36. The maximum atomic E-state index is 14.3. The third-order valence-corrected chi connectivity index (χ3v) is 5.20. The number of ether oxygens (including phenoxy) is 2. The molecule has 1 N–H and O–H groups in total. The molecule has 0 aromatic heterocycles. The van der Waals surface area contributed by atoms with Crippen molar-refractivity contribution < 1.29 is 18.7 Å². The molecule has 2 atom stereocenters. The fourth-order valence-corrected chi connectivity index (χ4v) is 3.47. The number of esters is 1. The number of hydrogen-bond donors (Lipinski definition) is 1. The number of para-hydroxylation sites is 1. The molecule has 0 saturated carbocycles. The Morgan fingerprint density at radius 2 is 1.79 bits per heavy atom. The summed E-state index contributed by atoms with van der Waals surface area (Å²) in [4.78, 5) is 13.0. The van der Waals surface area contributed by atoms with Crippen LogP contribution in [0.1, 0.15) is 31.1 Å². The van der Waals surface area contributed by atoms with Gasteiger partial charge in [-0.3, -0.25) is 0 Å². The maximum absolute atomic E-state index is 14.3. The summed E-state index contributed by atoms with van der Waals surface area (Å²) in [6.45, 7) is 5.60. The summed E-state index contributed by atoms with van der Waals surface area (Å²) in [6, 6.07) is 19.3. The van der Waals surface area contributed by atoms with Crippen LogP contribution in [0.5, 0.6) is 11.5 Å². The van der Waals surface area contributed by atoms with Crippen LogP contribution in [0, 0.1) is 30.0 Å². The minimum absolute atomic E-state index is 0.168. The van der Waals surface area contributed by atoms with Gasteiger partial charge in [-0.2, -0.15) is 5.26 Å². The second-order valence-corrected chi connectivity index (χ2v) is 8.34. The van der Waals surface area contributed by atoms with Crippen molar-refractivity contribution in [1.29, 1.82) is 5.26 Å². The lowest BCUT2D eigenvalue weighted by molar-refractivity contribution is -0.148. The van der Waals surface area contributed by atoms with E-state index in [9.17, 15) is 14.4 Å². The first-order valence-electron chi connectivity index (χ1n) is 10.4. The lowest BCUT2D eigenvalue weighted by Gasteiger charge is -2.24. The van der Waals surface area contributed by atoms with Crippen LogP contribution >= 0.6 is 11.6 Å². The molecule has 2 unspecified atom stereocenters. The van der Waals surface area contributed by atoms with Crippen molar-refractivity contribution in [2.24, 2.45) is 5.92 Å². The molecule has 0 aliphatic carbocycles. The number of carbonyl (C=O) groups excluding carboxylic acids is 1. The number of anilines is 1. The molecular formula is C26H24ClFN2O3. The van der Waals surface area contributed by atoms with Crippen LogP contribution in [0.3, 0.4) is 0 Å². The predicted octanol–water partition coefficient (Wildman–Crippen LogP) is 6.82. The Morgan fingerprint density at radius 1 is 1.06 bits per heavy atom. The zero-order chi connectivity index (χ0) is 24.0. The van der Waals surface area contributed by atoms with Gasteiger partial charge in [0.1, 0.15) is 29.4 Å². The summed E-state index contributed by atoms with van der Waals surface area (Å²) in [5.41, 5.74) is 1.74. The molecule has 0 aliphatic rings. The first kappa shape index (κ1) is 24.1. The number of nitrogens with one attached hydrogen (secondary N) is 1. The van der Waals surface area contributed by atoms with E-state index in [1.165, 1.54) is 12.1 Å². The van der Waals surface area contributed by atoms with Gasteiger partial charge in [-0.1, -0.05) is 49.7 Å². The van der Waals surface area contributed by atoms with Gasteiger partial charge in [0.15, 0.2) is 0 Å². The van der Waals surface area contributed by atoms with Crippen LogP contribution in [0.4, 0.5) is 10.1 Å². The highest BCUT2D eigenvalue weighted by Gasteiger charge is 2.28. The monoisotopic (exact) mass is 466 g/mol. The zero-order valence-corrected chi connectivity index (χ0v) is 19.3. The number of carbonyl (C=O) groups is 1. The number of benzene rings is 3. The van der Waals surface area contributed by atoms with Crippen molar-refractivity contribution in [3.63, 3.8) is 0 Å². The topological polar surface area (TPSA) is 71.3 Å². The van der Waals surface area contributed by atoms with Crippen molar-refractivity contribution in [1.82, 2.24) is 0 Å². The molecule has 3 aromatic carbocycles. The average molecular weight is 467 g/mol. The summed E-state index contributed by atoms with van der Waals surface area (Å²) in [5, 5.41) is 13.2. The number of rotatable bonds is 8. The summed E-state index contributed by atoms with van der Waals surface area (Å²) in [5.74, 6) is -0.725. The molecular weight excluding hydrogens is 443 g/mol. The highest BCUT2D eigenvalue weighted by atomic mass is 35.5. The third kappa shape index (κ3) is 6.47. The van der Waals surface area contributed by atoms with Crippen molar-refractivity contribution in [2.45, 2.75) is 32.9 Å². The Balaban J connectivity index is 1.79. The normalized spacial score (nSPS) is 12.5. The lowest BCUT2D eigenvalue weighted by atomic mass is 10.0. The number of nitrogens with zero attached hydrogens (tertiary/aromatic N) is 1. The van der Waals surface area contributed by atoms with Crippen molar-refractivity contribution in [2.75, 3.05) is 5.32 Å². The van der Waals surface area contributed by atoms with Crippen LogP contribution in [0.15, 0.2) is 66.7 Å². The minimum Gasteiger partial charge on any atom is -0.457 e. The van der Waals surface area contributed by atoms with Gasteiger partial charge in [0, 0.05) is 11.6 Å². The van der Waals surface area contributed by atoms with E-state index in [2.05, 4.69) is 5.32 Å². The average Bonchev–Trinajstić information content (AvgIpc) is 2.76. The summed E-state index contributed by atoms with van der Waals surface area (Å²) in [6.07, 6.45) is -1.32. The maximum Gasteiger partial charge on any atom is 0.330 e. The van der Waals surface area contributed by atoms with E-state index in [1.54, 1.807) is 36.4 Å². The SMILES string of the molecule is Cc1ccc(NC(C(=O)OC(C#N)c2cc(F)cc(Oc3ccccc3)c2)C(C)C)c(Cl)c1. The van der Waals surface area contributed by atoms with Gasteiger partial charge in [-0.15, -0.1) is 0 Å². The van der Waals surface area contributed by atoms with Crippen molar-refractivity contribution in [3.05, 3.63) is 88.7 Å². The summed E-state index contributed by atoms with van der Waals surface area (Å²) >= 11 is 6.29. The smallest absolute Gasteiger partial charge is 0.330 e. The van der Waals surface area contributed by atoms with Crippen LogP contribution in [0.25, 0.3) is 0 Å². The molecule has 3 rings (SSSR count). The predicted molar refractivity (Wildman–Crippen MR) is 126 cm³/mol. The Morgan fingerprint density at radius 3 is 2.42 bits per heavy atom. The summed E-state index contributed by atoms with van der Waals surface area (Å²) in [7, 11) is 0. The molecule has 0 amide bonds. The molecule has 0 heterocycles. The third-order valence-electron chi connectivity index (χ3n) is 4.88. The zero-order valence-electron chi connectivity index (χ0n) is 18.5. The van der Waals surface area contributed by atoms with Gasteiger partial charge in [0.25, 0.3) is 0 Å². The number of aryl methyl sites for hydroxylation is 1. The molecule has 3 aromatic rings. The fourth-order valence-electron chi connectivity index (χ4n) is 3.18. The van der Waals surface area contributed by atoms with E-state index in [0.29, 0.717) is 16.5 Å². The molecule has 33 heavy (non-hydrogen) atoms. The second kappa shape index (κ2) is 10.8. The van der Waals surface area contributed by atoms with Gasteiger partial charge >= 0.3 is 5.97 Å². The standard InChI is InChI=1S/C26H24ClFN2O3/c1-16(2)25(30-23-10-9-17(3)11-22(23)27)26(31)33-24(15-29)18-12-19(28)14-21(13-18)32-20-7-5-4-6-8-20/h4-14,16,24-25,30H,1-3H3. The molecule has 0 radical (unpaired) electrons. The van der Waals surface area contributed by atoms with E-state index in [4.69, 9.17) is 21.1 Å². The van der Waals surface area contributed by atoms with E-state index >= 15 is 0 Å². The van der Waals surface area contributed by atoms with Crippen molar-refractivity contribution in [3.8, 4) is 17.6 Å². The molecule has 5 nitrogen and oxygen atoms in total. The van der Waals surface area contributed by atoms with Crippen LogP contribution in [0.2, 0.25) is 5.02 Å². The first-order chi connectivity index (χ1) is 15.8. The van der Waals surface area contributed by atoms with E-state index in [0.717, 1.165) is 11.6 Å². The second-order valence-electron chi connectivity index (χ2n) is 7.93. The Kier molecular flexibility index (Phi) is 7.92. The Labute approximate surface area is 197 Å². The molecule has 0 saturated heterocycles. The number of halogens is 2. The van der Waals surface area contributed by atoms with E-state index in [1.807, 2.05) is 39.0 Å². The van der Waals surface area contributed by atoms with Crippen LogP contribution in [-0.4, -0.2) is 12.0 Å². The Bertz CT molecular complexity index is 1160. The quantitative estimate of drug-likeness (QED) is 0.368. The minimum atomic E-state index is -1.32. The van der Waals surface area contributed by atoms with Crippen molar-refractivity contribution >= 4 is 23.3 Å².